The topological polar surface area (TPSA) is 114 Å². The monoisotopic (exact) mass is 514 g/mol. The second kappa shape index (κ2) is 10.4. The molecule has 0 radical (unpaired) electrons. The van der Waals surface area contributed by atoms with Crippen molar-refractivity contribution in [2.45, 2.75) is 18.9 Å². The Kier molecular flexibility index (Phi) is 7.25. The van der Waals surface area contributed by atoms with Gasteiger partial charge in [-0.1, -0.05) is 71.7 Å². The van der Waals surface area contributed by atoms with Crippen LogP contribution in [-0.4, -0.2) is 35.8 Å². The van der Waals surface area contributed by atoms with E-state index < -0.39 is 24.1 Å². The van der Waals surface area contributed by atoms with E-state index in [1.165, 1.54) is 19.1 Å². The van der Waals surface area contributed by atoms with Gasteiger partial charge in [0.25, 0.3) is 5.91 Å². The number of rotatable bonds is 7. The van der Waals surface area contributed by atoms with Gasteiger partial charge in [-0.25, -0.2) is 15.1 Å². The molecule has 35 heavy (non-hydrogen) atoms. The summed E-state index contributed by atoms with van der Waals surface area (Å²) in [5.74, 6) is -2.11. The van der Waals surface area contributed by atoms with Crippen LogP contribution in [0.2, 0.25) is 10.0 Å². The lowest BCUT2D eigenvalue weighted by atomic mass is 9.98. The average molecular weight is 515 g/mol. The van der Waals surface area contributed by atoms with E-state index in [1.54, 1.807) is 0 Å². The molecule has 0 aliphatic heterocycles. The number of fused-ring (bicyclic) bond motifs is 3. The van der Waals surface area contributed by atoms with Gasteiger partial charge >= 0.3 is 12.1 Å². The maximum absolute atomic E-state index is 12.6. The number of anilines is 1. The van der Waals surface area contributed by atoms with Gasteiger partial charge in [0.1, 0.15) is 6.61 Å². The van der Waals surface area contributed by atoms with Crippen molar-refractivity contribution in [3.05, 3.63) is 87.4 Å². The SMILES string of the molecule is CC(ONC(=O)c1cc(Cl)c(NC(=O)OCC2c3ccccc3-c3ccccc32)c(Cl)c1)C(=O)O. The van der Waals surface area contributed by atoms with Crippen LogP contribution in [0.4, 0.5) is 10.5 Å². The highest BCUT2D eigenvalue weighted by molar-refractivity contribution is 6.40. The number of carboxylic acids is 1. The van der Waals surface area contributed by atoms with Crippen molar-refractivity contribution in [3.8, 4) is 11.1 Å². The van der Waals surface area contributed by atoms with Crippen molar-refractivity contribution < 1.29 is 29.1 Å². The molecule has 0 spiro atoms. The molecule has 10 heteroatoms. The number of ether oxygens (including phenoxy) is 1. The molecule has 3 aromatic carbocycles. The van der Waals surface area contributed by atoms with Crippen LogP contribution in [0.1, 0.15) is 34.3 Å². The molecule has 0 bridgehead atoms. The predicted molar refractivity (Wildman–Crippen MR) is 131 cm³/mol. The first-order valence-corrected chi connectivity index (χ1v) is 11.3. The summed E-state index contributed by atoms with van der Waals surface area (Å²) in [6.07, 6.45) is -2.01. The zero-order chi connectivity index (χ0) is 25.1. The summed E-state index contributed by atoms with van der Waals surface area (Å²) in [5.41, 5.74) is 6.47. The number of hydrogen-bond donors (Lipinski definition) is 3. The number of hydrogen-bond acceptors (Lipinski definition) is 5. The average Bonchev–Trinajstić information content (AvgIpc) is 3.16. The largest absolute Gasteiger partial charge is 0.479 e. The summed E-state index contributed by atoms with van der Waals surface area (Å²) in [4.78, 5) is 40.3. The van der Waals surface area contributed by atoms with Crippen LogP contribution in [0.3, 0.4) is 0 Å². The minimum atomic E-state index is -1.25. The van der Waals surface area contributed by atoms with Crippen LogP contribution in [0.25, 0.3) is 11.1 Å². The number of aliphatic carboxylic acids is 1. The lowest BCUT2D eigenvalue weighted by Crippen LogP contribution is -2.32. The number of halogens is 2. The molecule has 4 rings (SSSR count). The smallest absolute Gasteiger partial charge is 0.411 e. The van der Waals surface area contributed by atoms with E-state index in [4.69, 9.17) is 37.9 Å². The van der Waals surface area contributed by atoms with E-state index in [1.807, 2.05) is 54.0 Å². The summed E-state index contributed by atoms with van der Waals surface area (Å²) in [5, 5.41) is 11.3. The van der Waals surface area contributed by atoms with Crippen LogP contribution in [-0.2, 0) is 14.4 Å². The molecule has 0 saturated carbocycles. The fraction of sp³-hybridized carbons (Fsp3) is 0.160. The second-order valence-electron chi connectivity index (χ2n) is 7.79. The number of nitrogens with one attached hydrogen (secondary N) is 2. The summed E-state index contributed by atoms with van der Waals surface area (Å²) in [6, 6.07) is 18.5. The van der Waals surface area contributed by atoms with E-state index in [0.29, 0.717) is 0 Å². The third-order valence-electron chi connectivity index (χ3n) is 5.55. The zero-order valence-electron chi connectivity index (χ0n) is 18.4. The Morgan fingerprint density at radius 3 is 2.06 bits per heavy atom. The molecule has 0 heterocycles. The fourth-order valence-electron chi connectivity index (χ4n) is 3.81. The molecule has 180 valence electrons. The summed E-state index contributed by atoms with van der Waals surface area (Å²) < 4.78 is 5.50. The molecular formula is C25H20Cl2N2O6. The van der Waals surface area contributed by atoms with Gasteiger partial charge in [0, 0.05) is 11.5 Å². The Morgan fingerprint density at radius 2 is 1.51 bits per heavy atom. The number of carboxylic acid groups (broad SMARTS) is 1. The highest BCUT2D eigenvalue weighted by Gasteiger charge is 2.29. The molecule has 3 aromatic rings. The summed E-state index contributed by atoms with van der Waals surface area (Å²) >= 11 is 12.5. The van der Waals surface area contributed by atoms with Crippen molar-refractivity contribution in [1.82, 2.24) is 5.48 Å². The van der Waals surface area contributed by atoms with E-state index in [0.717, 1.165) is 22.3 Å². The van der Waals surface area contributed by atoms with E-state index in [9.17, 15) is 14.4 Å². The highest BCUT2D eigenvalue weighted by Crippen LogP contribution is 2.44. The lowest BCUT2D eigenvalue weighted by Gasteiger charge is -2.16. The zero-order valence-corrected chi connectivity index (χ0v) is 19.9. The Hall–Kier alpha value is -3.59. The Balaban J connectivity index is 1.42. The van der Waals surface area contributed by atoms with Crippen molar-refractivity contribution in [2.75, 3.05) is 11.9 Å². The molecule has 1 aliphatic rings. The molecule has 0 aromatic heterocycles. The molecule has 1 atom stereocenters. The predicted octanol–water partition coefficient (Wildman–Crippen LogP) is 5.49. The van der Waals surface area contributed by atoms with Gasteiger partial charge in [-0.05, 0) is 41.3 Å². The first-order valence-electron chi connectivity index (χ1n) is 10.6. The summed E-state index contributed by atoms with van der Waals surface area (Å²) in [7, 11) is 0. The fourth-order valence-corrected chi connectivity index (χ4v) is 4.39. The molecule has 0 fully saturated rings. The third-order valence-corrected chi connectivity index (χ3v) is 6.15. The minimum Gasteiger partial charge on any atom is -0.479 e. The molecule has 0 saturated heterocycles. The number of benzene rings is 3. The molecular weight excluding hydrogens is 495 g/mol. The number of hydroxylamine groups is 1. The number of carbonyl (C=O) groups is 3. The molecule has 8 nitrogen and oxygen atoms in total. The van der Waals surface area contributed by atoms with Crippen LogP contribution < -0.4 is 10.8 Å². The van der Waals surface area contributed by atoms with E-state index in [-0.39, 0.29) is 33.8 Å². The Labute approximate surface area is 210 Å². The Bertz CT molecular complexity index is 1240. The summed E-state index contributed by atoms with van der Waals surface area (Å²) in [6.45, 7) is 1.36. The van der Waals surface area contributed by atoms with Crippen molar-refractivity contribution >= 4 is 46.9 Å². The van der Waals surface area contributed by atoms with Crippen LogP contribution >= 0.6 is 23.2 Å². The van der Waals surface area contributed by atoms with Gasteiger partial charge in [0.2, 0.25) is 0 Å². The van der Waals surface area contributed by atoms with Gasteiger partial charge in [-0.15, -0.1) is 0 Å². The number of carbonyl (C=O) groups excluding carboxylic acids is 2. The molecule has 2 amide bonds. The second-order valence-corrected chi connectivity index (χ2v) is 8.61. The van der Waals surface area contributed by atoms with Gasteiger partial charge in [0.15, 0.2) is 6.10 Å². The van der Waals surface area contributed by atoms with Crippen LogP contribution in [0.15, 0.2) is 60.7 Å². The standard InChI is InChI=1S/C25H20Cl2N2O6/c1-13(24(31)32)35-29-23(30)14-10-20(26)22(21(27)11-14)28-25(33)34-12-19-17-8-4-2-6-15(17)16-7-3-5-9-18(16)19/h2-11,13,19H,12H2,1H3,(H,28,33)(H,29,30)(H,31,32). The quantitative estimate of drug-likeness (QED) is 0.359. The molecule has 3 N–H and O–H groups in total. The first-order chi connectivity index (χ1) is 16.8. The lowest BCUT2D eigenvalue weighted by molar-refractivity contribution is -0.152. The van der Waals surface area contributed by atoms with Gasteiger partial charge in [0.05, 0.1) is 15.7 Å². The van der Waals surface area contributed by atoms with Crippen molar-refractivity contribution in [1.29, 1.82) is 0 Å². The first kappa shape index (κ1) is 24.5. The maximum atomic E-state index is 12.6. The molecule has 1 aliphatic carbocycles. The highest BCUT2D eigenvalue weighted by atomic mass is 35.5. The van der Waals surface area contributed by atoms with Crippen molar-refractivity contribution in [2.24, 2.45) is 0 Å². The minimum absolute atomic E-state index is 0.00988. The van der Waals surface area contributed by atoms with Gasteiger partial charge < -0.3 is 9.84 Å². The van der Waals surface area contributed by atoms with Crippen LogP contribution in [0.5, 0.6) is 0 Å². The maximum Gasteiger partial charge on any atom is 0.411 e. The van der Waals surface area contributed by atoms with Gasteiger partial charge in [-0.3, -0.25) is 14.9 Å². The van der Waals surface area contributed by atoms with Gasteiger partial charge in [-0.2, -0.15) is 0 Å². The van der Waals surface area contributed by atoms with E-state index >= 15 is 0 Å². The van der Waals surface area contributed by atoms with E-state index in [2.05, 4.69) is 5.32 Å². The van der Waals surface area contributed by atoms with Crippen molar-refractivity contribution in [3.63, 3.8) is 0 Å². The third kappa shape index (κ3) is 5.24. The Morgan fingerprint density at radius 1 is 0.971 bits per heavy atom. The number of amides is 2. The van der Waals surface area contributed by atoms with Crippen LogP contribution in [0, 0.1) is 0 Å². The molecule has 1 unspecified atom stereocenters. The normalized spacial score (nSPS) is 12.9.